The van der Waals surface area contributed by atoms with Gasteiger partial charge in [-0.25, -0.2) is 0 Å². The quantitative estimate of drug-likeness (QED) is 0.242. The third-order valence-corrected chi connectivity index (χ3v) is 5.06. The van der Waals surface area contributed by atoms with Crippen molar-refractivity contribution < 1.29 is 32.0 Å². The van der Waals surface area contributed by atoms with Gasteiger partial charge in [0.05, 0.1) is 19.6 Å². The molecule has 0 aromatic heterocycles. The summed E-state index contributed by atoms with van der Waals surface area (Å²) >= 11 is 0. The molecule has 0 amide bonds. The van der Waals surface area contributed by atoms with Crippen LogP contribution >= 0.6 is 0 Å². The van der Waals surface area contributed by atoms with Crippen LogP contribution in [-0.2, 0) is 29.2 Å². The van der Waals surface area contributed by atoms with Crippen LogP contribution in [0, 0.1) is 0 Å². The van der Waals surface area contributed by atoms with Crippen LogP contribution in [0.4, 0.5) is 0 Å². The van der Waals surface area contributed by atoms with Crippen molar-refractivity contribution in [2.24, 2.45) is 0 Å². The largest absolute Gasteiger partial charge is 0.466 e. The van der Waals surface area contributed by atoms with E-state index in [1.807, 2.05) is 0 Å². The molecule has 154 valence electrons. The molecule has 0 aliphatic heterocycles. The Morgan fingerprint density at radius 2 is 1.27 bits per heavy atom. The van der Waals surface area contributed by atoms with Crippen molar-refractivity contribution in [1.29, 1.82) is 0 Å². The number of unbranched alkanes of at least 4 members (excludes halogenated alkanes) is 8. The predicted molar refractivity (Wildman–Crippen MR) is 99.4 cm³/mol. The summed E-state index contributed by atoms with van der Waals surface area (Å²) in [5, 5.41) is -1.93. The van der Waals surface area contributed by atoms with Crippen molar-refractivity contribution in [1.82, 2.24) is 0 Å². The van der Waals surface area contributed by atoms with Gasteiger partial charge in [-0.15, -0.1) is 0 Å². The molecule has 0 aromatic rings. The van der Waals surface area contributed by atoms with E-state index < -0.39 is 33.7 Å². The van der Waals surface area contributed by atoms with Gasteiger partial charge < -0.3 is 9.47 Å². The lowest BCUT2D eigenvalue weighted by atomic mass is 10.2. The SMILES string of the molecule is CCCCCCCOC(=O)C[C@@H](C(=O)OCCCCCCC)S(=O)(=O)O. The number of hydrogen-bond acceptors (Lipinski definition) is 6. The lowest BCUT2D eigenvalue weighted by Crippen LogP contribution is -2.34. The Labute approximate surface area is 157 Å². The molecule has 8 heteroatoms. The Bertz CT molecular complexity index is 488. The van der Waals surface area contributed by atoms with Crippen LogP contribution in [0.25, 0.3) is 0 Å². The monoisotopic (exact) mass is 394 g/mol. The van der Waals surface area contributed by atoms with E-state index in [1.165, 1.54) is 0 Å². The number of carbonyl (C=O) groups excluding carboxylic acids is 2. The van der Waals surface area contributed by atoms with Crippen LogP contribution < -0.4 is 0 Å². The van der Waals surface area contributed by atoms with Crippen molar-refractivity contribution >= 4 is 22.1 Å². The zero-order valence-electron chi connectivity index (χ0n) is 16.1. The number of rotatable bonds is 16. The first-order valence-corrected chi connectivity index (χ1v) is 11.1. The molecule has 0 heterocycles. The maximum absolute atomic E-state index is 11.9. The molecule has 0 fully saturated rings. The van der Waals surface area contributed by atoms with Crippen LogP contribution in [0.5, 0.6) is 0 Å². The van der Waals surface area contributed by atoms with E-state index in [1.54, 1.807) is 0 Å². The van der Waals surface area contributed by atoms with Crippen molar-refractivity contribution in [2.75, 3.05) is 13.2 Å². The molecule has 0 unspecified atom stereocenters. The summed E-state index contributed by atoms with van der Waals surface area (Å²) in [6.07, 6.45) is 8.82. The van der Waals surface area contributed by atoms with Crippen LogP contribution in [0.2, 0.25) is 0 Å². The Hall–Kier alpha value is -1.15. The maximum atomic E-state index is 11.9. The van der Waals surface area contributed by atoms with E-state index in [2.05, 4.69) is 13.8 Å². The lowest BCUT2D eigenvalue weighted by Gasteiger charge is -2.13. The van der Waals surface area contributed by atoms with Crippen molar-refractivity contribution in [3.05, 3.63) is 0 Å². The van der Waals surface area contributed by atoms with Crippen molar-refractivity contribution in [2.45, 2.75) is 89.7 Å². The molecule has 1 atom stereocenters. The first-order chi connectivity index (χ1) is 12.3. The maximum Gasteiger partial charge on any atom is 0.327 e. The minimum Gasteiger partial charge on any atom is -0.466 e. The molecular weight excluding hydrogens is 360 g/mol. The summed E-state index contributed by atoms with van der Waals surface area (Å²) in [4.78, 5) is 23.6. The zero-order chi connectivity index (χ0) is 19.8. The summed E-state index contributed by atoms with van der Waals surface area (Å²) in [6, 6.07) is 0. The van der Waals surface area contributed by atoms with Gasteiger partial charge in [0, 0.05) is 0 Å². The predicted octanol–water partition coefficient (Wildman–Crippen LogP) is 3.66. The number of carbonyl (C=O) groups is 2. The Kier molecular flexibility index (Phi) is 14.3. The van der Waals surface area contributed by atoms with Crippen molar-refractivity contribution in [3.63, 3.8) is 0 Å². The second-order valence-electron chi connectivity index (χ2n) is 6.42. The molecule has 0 saturated heterocycles. The van der Waals surface area contributed by atoms with E-state index >= 15 is 0 Å². The summed E-state index contributed by atoms with van der Waals surface area (Å²) in [7, 11) is -4.73. The van der Waals surface area contributed by atoms with E-state index in [0.717, 1.165) is 51.4 Å². The highest BCUT2D eigenvalue weighted by Crippen LogP contribution is 2.11. The summed E-state index contributed by atoms with van der Waals surface area (Å²) in [5.41, 5.74) is 0. The van der Waals surface area contributed by atoms with Gasteiger partial charge >= 0.3 is 11.9 Å². The van der Waals surface area contributed by atoms with E-state index in [-0.39, 0.29) is 13.2 Å². The van der Waals surface area contributed by atoms with Crippen LogP contribution in [0.3, 0.4) is 0 Å². The minimum absolute atomic E-state index is 0.0705. The van der Waals surface area contributed by atoms with Crippen LogP contribution in [0.15, 0.2) is 0 Å². The molecule has 0 radical (unpaired) electrons. The molecule has 26 heavy (non-hydrogen) atoms. The van der Waals surface area contributed by atoms with E-state index in [4.69, 9.17) is 9.47 Å². The second kappa shape index (κ2) is 15.0. The molecule has 1 N–H and O–H groups in total. The topological polar surface area (TPSA) is 107 Å². The highest BCUT2D eigenvalue weighted by Gasteiger charge is 2.35. The molecule has 0 spiro atoms. The average molecular weight is 395 g/mol. The van der Waals surface area contributed by atoms with Gasteiger partial charge in [-0.05, 0) is 12.8 Å². The van der Waals surface area contributed by atoms with Gasteiger partial charge in [-0.3, -0.25) is 14.1 Å². The molecule has 0 aromatic carbocycles. The second-order valence-corrected chi connectivity index (χ2v) is 8.02. The highest BCUT2D eigenvalue weighted by atomic mass is 32.2. The van der Waals surface area contributed by atoms with Gasteiger partial charge in [0.15, 0.2) is 5.25 Å². The molecular formula is C18H34O7S. The fourth-order valence-corrected chi connectivity index (χ4v) is 3.04. The standard InChI is InChI=1S/C18H34O7S/c1-3-5-7-9-11-13-24-17(19)15-16(26(21,22)23)18(20)25-14-12-10-8-6-4-2/h16H,3-15H2,1-2H3,(H,21,22,23)/t16-/m0/s1. The lowest BCUT2D eigenvalue weighted by molar-refractivity contribution is -0.150. The minimum atomic E-state index is -4.73. The molecule has 0 bridgehead atoms. The fraction of sp³-hybridized carbons (Fsp3) is 0.889. The first kappa shape index (κ1) is 24.8. The summed E-state index contributed by atoms with van der Waals surface area (Å²) in [6.45, 7) is 4.43. The Morgan fingerprint density at radius 3 is 1.73 bits per heavy atom. The van der Waals surface area contributed by atoms with E-state index in [9.17, 15) is 22.6 Å². The summed E-state index contributed by atoms with van der Waals surface area (Å²) < 4.78 is 41.8. The summed E-state index contributed by atoms with van der Waals surface area (Å²) in [5.74, 6) is -1.94. The number of hydrogen-bond donors (Lipinski definition) is 1. The highest BCUT2D eigenvalue weighted by molar-refractivity contribution is 7.87. The number of esters is 2. The molecule has 0 aliphatic carbocycles. The van der Waals surface area contributed by atoms with E-state index in [0.29, 0.717) is 12.8 Å². The Balaban J connectivity index is 4.22. The molecule has 7 nitrogen and oxygen atoms in total. The van der Waals surface area contributed by atoms with Gasteiger partial charge in [-0.1, -0.05) is 65.2 Å². The molecule has 0 aliphatic rings. The number of ether oxygens (including phenoxy) is 2. The molecule has 0 rings (SSSR count). The zero-order valence-corrected chi connectivity index (χ0v) is 16.9. The first-order valence-electron chi connectivity index (χ1n) is 9.61. The van der Waals surface area contributed by atoms with Crippen LogP contribution in [-0.4, -0.2) is 43.4 Å². The van der Waals surface area contributed by atoms with Crippen molar-refractivity contribution in [3.8, 4) is 0 Å². The molecule has 0 saturated carbocycles. The van der Waals surface area contributed by atoms with Gasteiger partial charge in [0.1, 0.15) is 0 Å². The van der Waals surface area contributed by atoms with Gasteiger partial charge in [0.25, 0.3) is 10.1 Å². The average Bonchev–Trinajstić information content (AvgIpc) is 2.57. The third kappa shape index (κ3) is 13.1. The fourth-order valence-electron chi connectivity index (χ4n) is 2.38. The van der Waals surface area contributed by atoms with Crippen LogP contribution in [0.1, 0.15) is 84.5 Å². The normalized spacial score (nSPS) is 12.6. The van der Waals surface area contributed by atoms with Gasteiger partial charge in [-0.2, -0.15) is 8.42 Å². The Morgan fingerprint density at radius 1 is 0.808 bits per heavy atom. The third-order valence-electron chi connectivity index (χ3n) is 3.98. The van der Waals surface area contributed by atoms with Gasteiger partial charge in [0.2, 0.25) is 0 Å². The smallest absolute Gasteiger partial charge is 0.327 e.